The molecule has 8 heteroatoms. The number of halogens is 1. The lowest BCUT2D eigenvalue weighted by molar-refractivity contribution is -0.129. The number of cyclic esters (lactones) is 1. The van der Waals surface area contributed by atoms with Crippen molar-refractivity contribution in [1.29, 1.82) is 0 Å². The summed E-state index contributed by atoms with van der Waals surface area (Å²) in [5, 5.41) is 3.72. The van der Waals surface area contributed by atoms with Gasteiger partial charge in [0.2, 0.25) is 5.91 Å². The summed E-state index contributed by atoms with van der Waals surface area (Å²) in [4.78, 5) is 27.8. The van der Waals surface area contributed by atoms with E-state index in [1.165, 1.54) is 0 Å². The lowest BCUT2D eigenvalue weighted by Crippen LogP contribution is -2.46. The smallest absolute Gasteiger partial charge is 0.417 e. The standard InChI is InChI=1S/C15H17BrN4O3/c1-9(2)11-8-23-15(22)20(11)14(21)12(16)13(18-19-17)10-6-4-3-5-7-10/h3-7,9,11-13H,8H2,1-2H3/t11-,12-,13-/m1/s1. The van der Waals surface area contributed by atoms with Crippen LogP contribution < -0.4 is 0 Å². The molecule has 7 nitrogen and oxygen atoms in total. The van der Waals surface area contributed by atoms with Gasteiger partial charge in [-0.15, -0.1) is 0 Å². The lowest BCUT2D eigenvalue weighted by atomic mass is 10.0. The molecule has 0 N–H and O–H groups in total. The van der Waals surface area contributed by atoms with Gasteiger partial charge in [0.25, 0.3) is 0 Å². The van der Waals surface area contributed by atoms with E-state index in [1.807, 2.05) is 19.9 Å². The van der Waals surface area contributed by atoms with E-state index in [1.54, 1.807) is 24.3 Å². The van der Waals surface area contributed by atoms with E-state index < -0.39 is 22.9 Å². The first-order chi connectivity index (χ1) is 11.0. The highest BCUT2D eigenvalue weighted by Crippen LogP contribution is 2.31. The minimum absolute atomic E-state index is 0.0692. The van der Waals surface area contributed by atoms with Crippen LogP contribution in [-0.2, 0) is 9.53 Å². The molecule has 1 heterocycles. The third kappa shape index (κ3) is 3.65. The van der Waals surface area contributed by atoms with Crippen LogP contribution in [0, 0.1) is 5.92 Å². The van der Waals surface area contributed by atoms with Crippen molar-refractivity contribution in [3.8, 4) is 0 Å². The Morgan fingerprint density at radius 3 is 2.65 bits per heavy atom. The number of hydrogen-bond acceptors (Lipinski definition) is 4. The zero-order valence-corrected chi connectivity index (χ0v) is 14.4. The van der Waals surface area contributed by atoms with Gasteiger partial charge in [0.05, 0.1) is 12.1 Å². The van der Waals surface area contributed by atoms with Crippen molar-refractivity contribution in [1.82, 2.24) is 4.90 Å². The molecule has 1 saturated heterocycles. The Balaban J connectivity index is 2.29. The van der Waals surface area contributed by atoms with Gasteiger partial charge in [-0.2, -0.15) is 0 Å². The average Bonchev–Trinajstić information content (AvgIpc) is 2.94. The summed E-state index contributed by atoms with van der Waals surface area (Å²) in [6, 6.07) is 7.87. The van der Waals surface area contributed by atoms with Crippen LogP contribution in [0.3, 0.4) is 0 Å². The molecule has 1 fully saturated rings. The second kappa shape index (κ2) is 7.48. The molecule has 0 bridgehead atoms. The first kappa shape index (κ1) is 17.3. The molecule has 0 radical (unpaired) electrons. The number of carbonyl (C=O) groups excluding carboxylic acids is 2. The van der Waals surface area contributed by atoms with Crippen LogP contribution in [0.4, 0.5) is 4.79 Å². The molecular formula is C15H17BrN4O3. The molecule has 1 aliphatic heterocycles. The normalized spacial score (nSPS) is 19.9. The van der Waals surface area contributed by atoms with E-state index in [0.29, 0.717) is 5.56 Å². The first-order valence-electron chi connectivity index (χ1n) is 7.20. The summed E-state index contributed by atoms with van der Waals surface area (Å²) >= 11 is 3.30. The Hall–Kier alpha value is -2.05. The van der Waals surface area contributed by atoms with Crippen LogP contribution >= 0.6 is 15.9 Å². The summed E-state index contributed by atoms with van der Waals surface area (Å²) in [6.07, 6.45) is -0.661. The Morgan fingerprint density at radius 2 is 2.09 bits per heavy atom. The van der Waals surface area contributed by atoms with Gasteiger partial charge in [-0.25, -0.2) is 9.69 Å². The van der Waals surface area contributed by atoms with Gasteiger partial charge < -0.3 is 4.74 Å². The van der Waals surface area contributed by atoms with Crippen LogP contribution in [0.15, 0.2) is 35.4 Å². The fraction of sp³-hybridized carbons (Fsp3) is 0.467. The molecule has 1 aromatic rings. The molecule has 0 aliphatic carbocycles. The summed E-state index contributed by atoms with van der Waals surface area (Å²) in [5.41, 5.74) is 9.50. The minimum atomic E-state index is -0.854. The molecule has 0 unspecified atom stereocenters. The van der Waals surface area contributed by atoms with Crippen LogP contribution in [0.2, 0.25) is 0 Å². The number of azide groups is 1. The van der Waals surface area contributed by atoms with Crippen molar-refractivity contribution in [2.24, 2.45) is 11.0 Å². The molecule has 1 aromatic carbocycles. The Bertz CT molecular complexity index is 631. The van der Waals surface area contributed by atoms with Crippen molar-refractivity contribution in [2.75, 3.05) is 6.61 Å². The Kier molecular flexibility index (Phi) is 5.63. The van der Waals surface area contributed by atoms with E-state index >= 15 is 0 Å². The fourth-order valence-electron chi connectivity index (χ4n) is 2.45. The van der Waals surface area contributed by atoms with Gasteiger partial charge in [-0.3, -0.25) is 4.79 Å². The number of imide groups is 1. The second-order valence-corrected chi connectivity index (χ2v) is 6.55. The molecule has 0 saturated carbocycles. The maximum absolute atomic E-state index is 12.8. The zero-order valence-electron chi connectivity index (χ0n) is 12.8. The van der Waals surface area contributed by atoms with Gasteiger partial charge in [0.15, 0.2) is 0 Å². The highest BCUT2D eigenvalue weighted by Gasteiger charge is 2.43. The highest BCUT2D eigenvalue weighted by molar-refractivity contribution is 9.10. The average molecular weight is 381 g/mol. The monoisotopic (exact) mass is 380 g/mol. The molecule has 2 amide bonds. The van der Waals surface area contributed by atoms with Crippen LogP contribution in [0.5, 0.6) is 0 Å². The van der Waals surface area contributed by atoms with Gasteiger partial charge in [-0.05, 0) is 17.0 Å². The predicted molar refractivity (Wildman–Crippen MR) is 87.9 cm³/mol. The van der Waals surface area contributed by atoms with Crippen LogP contribution in [-0.4, -0.2) is 34.4 Å². The predicted octanol–water partition coefficient (Wildman–Crippen LogP) is 3.80. The summed E-state index contributed by atoms with van der Waals surface area (Å²) in [6.45, 7) is 4.01. The fourth-order valence-corrected chi connectivity index (χ4v) is 3.08. The molecular weight excluding hydrogens is 364 g/mol. The van der Waals surface area contributed by atoms with Gasteiger partial charge in [0, 0.05) is 4.91 Å². The largest absolute Gasteiger partial charge is 0.447 e. The molecule has 3 atom stereocenters. The van der Waals surface area contributed by atoms with E-state index in [0.717, 1.165) is 4.90 Å². The number of benzene rings is 1. The maximum Gasteiger partial charge on any atom is 0.417 e. The van der Waals surface area contributed by atoms with Crippen molar-refractivity contribution in [3.63, 3.8) is 0 Å². The number of ether oxygens (including phenoxy) is 1. The molecule has 0 spiro atoms. The zero-order chi connectivity index (χ0) is 17.0. The molecule has 122 valence electrons. The van der Waals surface area contributed by atoms with Gasteiger partial charge in [-0.1, -0.05) is 65.2 Å². The van der Waals surface area contributed by atoms with Crippen LogP contribution in [0.25, 0.3) is 10.4 Å². The van der Waals surface area contributed by atoms with Crippen molar-refractivity contribution >= 4 is 27.9 Å². The molecule has 23 heavy (non-hydrogen) atoms. The van der Waals surface area contributed by atoms with E-state index in [2.05, 4.69) is 26.0 Å². The quantitative estimate of drug-likeness (QED) is 0.336. The van der Waals surface area contributed by atoms with E-state index in [-0.39, 0.29) is 18.6 Å². The van der Waals surface area contributed by atoms with E-state index in [9.17, 15) is 9.59 Å². The molecule has 0 aromatic heterocycles. The highest BCUT2D eigenvalue weighted by atomic mass is 79.9. The third-order valence-corrected chi connectivity index (χ3v) is 4.64. The van der Waals surface area contributed by atoms with Crippen molar-refractivity contribution in [3.05, 3.63) is 46.3 Å². The molecule has 2 rings (SSSR count). The second-order valence-electron chi connectivity index (χ2n) is 5.56. The van der Waals surface area contributed by atoms with Gasteiger partial charge >= 0.3 is 6.09 Å². The van der Waals surface area contributed by atoms with Crippen LogP contribution in [0.1, 0.15) is 25.5 Å². The Labute approximate surface area is 142 Å². The summed E-state index contributed by atoms with van der Waals surface area (Å²) in [7, 11) is 0. The topological polar surface area (TPSA) is 95.4 Å². The maximum atomic E-state index is 12.8. The van der Waals surface area contributed by atoms with Crippen molar-refractivity contribution < 1.29 is 14.3 Å². The lowest BCUT2D eigenvalue weighted by Gasteiger charge is -2.26. The van der Waals surface area contributed by atoms with E-state index in [4.69, 9.17) is 10.3 Å². The number of rotatable bonds is 5. The number of hydrogen-bond donors (Lipinski definition) is 0. The number of carbonyl (C=O) groups is 2. The number of amides is 2. The third-order valence-electron chi connectivity index (χ3n) is 3.74. The Morgan fingerprint density at radius 1 is 1.43 bits per heavy atom. The van der Waals surface area contributed by atoms with Gasteiger partial charge in [0.1, 0.15) is 11.4 Å². The summed E-state index contributed by atoms with van der Waals surface area (Å²) < 4.78 is 5.00. The summed E-state index contributed by atoms with van der Waals surface area (Å²) in [5.74, 6) is -0.396. The molecule has 1 aliphatic rings. The first-order valence-corrected chi connectivity index (χ1v) is 8.12. The van der Waals surface area contributed by atoms with Crippen molar-refractivity contribution in [2.45, 2.75) is 30.8 Å². The number of alkyl halides is 1. The SMILES string of the molecule is CC(C)[C@H]1COC(=O)N1C(=O)[C@H](Br)[C@H](N=[N+]=[N-])c1ccccc1. The minimum Gasteiger partial charge on any atom is -0.447 e. The number of nitrogens with zero attached hydrogens (tertiary/aromatic N) is 4.